The molecule has 10 heteroatoms. The third-order valence-corrected chi connectivity index (χ3v) is 4.11. The van der Waals surface area contributed by atoms with Gasteiger partial charge in [-0.2, -0.15) is 17.3 Å². The zero-order chi connectivity index (χ0) is 19.4. The van der Waals surface area contributed by atoms with Crippen LogP contribution in [0.3, 0.4) is 0 Å². The molecule has 7 nitrogen and oxygen atoms in total. The number of hydrogen-bond acceptors (Lipinski definition) is 6. The van der Waals surface area contributed by atoms with Crippen molar-refractivity contribution in [2.75, 3.05) is 14.2 Å². The van der Waals surface area contributed by atoms with E-state index in [-0.39, 0.29) is 29.8 Å². The number of aryl methyl sites for hydroxylation is 1. The maximum absolute atomic E-state index is 11.9. The Morgan fingerprint density at radius 1 is 1.07 bits per heavy atom. The van der Waals surface area contributed by atoms with Gasteiger partial charge in [0.15, 0.2) is 0 Å². The second kappa shape index (κ2) is 17.4. The number of nitrogens with zero attached hydrogens (tertiary/aromatic N) is 2. The normalized spacial score (nSPS) is 9.81. The van der Waals surface area contributed by atoms with E-state index < -0.39 is 5.90 Å². The van der Waals surface area contributed by atoms with Crippen LogP contribution in [0, 0.1) is 14.1 Å². The molecule has 0 aliphatic heterocycles. The average Bonchev–Trinajstić information content (AvgIpc) is 2.63. The number of hydrogen-bond donors (Lipinski definition) is 1. The fourth-order valence-corrected chi connectivity index (χ4v) is 3.46. The Hall–Kier alpha value is -0.696. The molecule has 0 heterocycles. The first-order valence-electron chi connectivity index (χ1n) is 6.84. The molecule has 0 bridgehead atoms. The average molecular weight is 634 g/mol. The minimum Gasteiger partial charge on any atom is -2.00 e. The van der Waals surface area contributed by atoms with Crippen LogP contribution in [-0.4, -0.2) is 31.4 Å². The first-order valence-corrected chi connectivity index (χ1v) is 9.00. The molecule has 0 aliphatic rings. The predicted octanol–water partition coefficient (Wildman–Crippen LogP) is 0.883. The van der Waals surface area contributed by atoms with Gasteiger partial charge in [-0.3, -0.25) is 0 Å². The van der Waals surface area contributed by atoms with E-state index in [1.807, 2.05) is 41.6 Å². The number of halogens is 2. The molecule has 0 amide bonds. The zero-order valence-corrected chi connectivity index (χ0v) is 20.4. The molecule has 0 saturated carbocycles. The van der Waals surface area contributed by atoms with Crippen LogP contribution in [0.1, 0.15) is 16.7 Å². The topological polar surface area (TPSA) is 143 Å². The summed E-state index contributed by atoms with van der Waals surface area (Å²) in [7, 11) is 1.75. The molecule has 0 spiro atoms. The van der Waals surface area contributed by atoms with Crippen molar-refractivity contribution in [3.05, 3.63) is 60.2 Å². The van der Waals surface area contributed by atoms with Crippen LogP contribution in [0.4, 0.5) is 0 Å². The van der Waals surface area contributed by atoms with Crippen molar-refractivity contribution < 1.29 is 44.5 Å². The number of rotatable bonds is 3. The summed E-state index contributed by atoms with van der Waals surface area (Å²) in [5.41, 5.74) is 1.96. The fourth-order valence-electron chi connectivity index (χ4n) is 1.57. The summed E-state index contributed by atoms with van der Waals surface area (Å²) >= 11 is 4.10. The third kappa shape index (κ3) is 11.0. The molecule has 0 saturated heterocycles. The summed E-state index contributed by atoms with van der Waals surface area (Å²) < 4.78 is 1.55. The van der Waals surface area contributed by atoms with Gasteiger partial charge in [-0.25, -0.2) is 0 Å². The van der Waals surface area contributed by atoms with Crippen molar-refractivity contribution in [2.24, 2.45) is 10.2 Å². The molecule has 0 atom stereocenters. The number of aliphatic hydroxyl groups excluding tert-OH is 1. The summed E-state index contributed by atoms with van der Waals surface area (Å²) in [6, 6.07) is 10.6. The van der Waals surface area contributed by atoms with Crippen LogP contribution in [0.25, 0.3) is 0 Å². The van der Waals surface area contributed by atoms with E-state index in [0.29, 0.717) is 14.7 Å². The van der Waals surface area contributed by atoms with E-state index >= 15 is 0 Å². The van der Waals surface area contributed by atoms with Crippen molar-refractivity contribution >= 4 is 57.3 Å². The van der Waals surface area contributed by atoms with Crippen LogP contribution in [0.2, 0.25) is 0 Å². The van der Waals surface area contributed by atoms with Crippen molar-refractivity contribution in [1.82, 2.24) is 0 Å². The Labute approximate surface area is 197 Å². The van der Waals surface area contributed by atoms with Gasteiger partial charge in [0.05, 0.1) is 6.21 Å². The molecule has 1 radical (unpaired) electrons. The predicted molar refractivity (Wildman–Crippen MR) is 111 cm³/mol. The van der Waals surface area contributed by atoms with Crippen molar-refractivity contribution in [2.45, 2.75) is 6.92 Å². The monoisotopic (exact) mass is 634 g/mol. The van der Waals surface area contributed by atoms with Gasteiger partial charge in [0, 0.05) is 38.7 Å². The SMILES string of the molecule is CO.C[O-].Cc1ccc(/C([O-])=N/N=C/c2cc(I)cc(I)c2[O-])cc1.[O-2].[V]. The quantitative estimate of drug-likeness (QED) is 0.232. The van der Waals surface area contributed by atoms with Crippen LogP contribution in [0.15, 0.2) is 46.6 Å². The largest absolute Gasteiger partial charge is 2.00 e. The van der Waals surface area contributed by atoms with Gasteiger partial charge >= 0.3 is 0 Å². The molecule has 149 valence electrons. The van der Waals surface area contributed by atoms with Gasteiger partial charge in [-0.15, -0.1) is 0 Å². The third-order valence-electron chi connectivity index (χ3n) is 2.68. The zero-order valence-electron chi connectivity index (χ0n) is 14.7. The van der Waals surface area contributed by atoms with Crippen LogP contribution < -0.4 is 15.3 Å². The molecule has 27 heavy (non-hydrogen) atoms. The van der Waals surface area contributed by atoms with Gasteiger partial charge in [0.1, 0.15) is 0 Å². The van der Waals surface area contributed by atoms with Crippen molar-refractivity contribution in [3.8, 4) is 5.75 Å². The van der Waals surface area contributed by atoms with Gasteiger partial charge in [-0.1, -0.05) is 35.6 Å². The maximum Gasteiger partial charge on any atom is 0.0562 e. The first-order chi connectivity index (χ1) is 12.0. The fraction of sp³-hybridized carbons (Fsp3) is 0.176. The summed E-state index contributed by atoms with van der Waals surface area (Å²) in [4.78, 5) is 0. The molecule has 0 unspecified atom stereocenters. The molecule has 0 aliphatic carbocycles. The molecule has 2 rings (SSSR count). The minimum absolute atomic E-state index is 0. The summed E-state index contributed by atoms with van der Waals surface area (Å²) in [6.45, 7) is 1.94. The Bertz CT molecular complexity index is 726. The smallest absolute Gasteiger partial charge is 0.0562 e. The Balaban J connectivity index is -0.000000899. The first kappa shape index (κ1) is 31.0. The summed E-state index contributed by atoms with van der Waals surface area (Å²) in [5.74, 6) is -0.545. The van der Waals surface area contributed by atoms with E-state index in [1.165, 1.54) is 6.21 Å². The van der Waals surface area contributed by atoms with E-state index in [0.717, 1.165) is 23.4 Å². The van der Waals surface area contributed by atoms with Gasteiger partial charge in [0.2, 0.25) is 0 Å². The Morgan fingerprint density at radius 3 is 2.11 bits per heavy atom. The molecule has 0 aromatic heterocycles. The second-order valence-electron chi connectivity index (χ2n) is 4.32. The Kier molecular flexibility index (Phi) is 20.0. The maximum atomic E-state index is 11.9. The van der Waals surface area contributed by atoms with E-state index in [9.17, 15) is 10.2 Å². The van der Waals surface area contributed by atoms with E-state index in [2.05, 4.69) is 32.8 Å². The Morgan fingerprint density at radius 2 is 1.59 bits per heavy atom. The van der Waals surface area contributed by atoms with E-state index in [1.54, 1.807) is 24.3 Å². The minimum atomic E-state index is -0.431. The second-order valence-corrected chi connectivity index (χ2v) is 6.73. The van der Waals surface area contributed by atoms with Gasteiger partial charge < -0.3 is 25.9 Å². The van der Waals surface area contributed by atoms with E-state index in [4.69, 9.17) is 10.2 Å². The molecular weight excluding hydrogens is 617 g/mol. The number of benzene rings is 2. The summed E-state index contributed by atoms with van der Waals surface area (Å²) in [5, 5.41) is 46.3. The van der Waals surface area contributed by atoms with Crippen LogP contribution in [-0.2, 0) is 24.0 Å². The van der Waals surface area contributed by atoms with Gasteiger partial charge in [0.25, 0.3) is 0 Å². The van der Waals surface area contributed by atoms with Gasteiger partial charge in [-0.05, 0) is 75.4 Å². The summed E-state index contributed by atoms with van der Waals surface area (Å²) in [6.07, 6.45) is 1.32. The molecule has 2 aromatic rings. The molecule has 0 fully saturated rings. The van der Waals surface area contributed by atoms with Crippen molar-refractivity contribution in [3.63, 3.8) is 0 Å². The number of aliphatic hydroxyl groups is 1. The molecule has 2 aromatic carbocycles. The molecular formula is C17H17I2N2O5V-5. The molecule has 1 N–H and O–H groups in total. The standard InChI is InChI=1S/C15H12I2N2O2.CH4O.CH3O.O.V/c1-9-2-4-10(5-3-9)15(21)19-18-8-11-6-12(16)7-13(17)14(11)20;2*1-2;;/h2-8,20H,1H3,(H,19,21);2H,1H3;1H3;;/q;;-1;-2;/p-2/b18-8+;;;;. The van der Waals surface area contributed by atoms with Crippen LogP contribution >= 0.6 is 45.2 Å². The van der Waals surface area contributed by atoms with Crippen molar-refractivity contribution in [1.29, 1.82) is 0 Å². The van der Waals surface area contributed by atoms with Crippen LogP contribution in [0.5, 0.6) is 5.75 Å².